The van der Waals surface area contributed by atoms with Crippen LogP contribution >= 0.6 is 11.6 Å². The summed E-state index contributed by atoms with van der Waals surface area (Å²) < 4.78 is 15.8. The molecule has 3 aromatic heterocycles. The molecule has 118 valence electrons. The summed E-state index contributed by atoms with van der Waals surface area (Å²) >= 11 is 6.18. The molecule has 7 heteroatoms. The molecule has 0 fully saturated rings. The van der Waals surface area contributed by atoms with Crippen LogP contribution in [0.15, 0.2) is 37.1 Å². The van der Waals surface area contributed by atoms with Crippen molar-refractivity contribution in [1.82, 2.24) is 24.5 Å². The third-order valence-electron chi connectivity index (χ3n) is 3.49. The fourth-order valence-electron chi connectivity index (χ4n) is 2.42. The predicted octanol–water partition coefficient (Wildman–Crippen LogP) is 3.53. The summed E-state index contributed by atoms with van der Waals surface area (Å²) in [6.07, 6.45) is 8.10. The SMILES string of the molecule is CCCc1c(Cl)ncnc1Cn1ccnc1-c1ncccc1F. The van der Waals surface area contributed by atoms with Crippen LogP contribution < -0.4 is 0 Å². The molecule has 0 bridgehead atoms. The Balaban J connectivity index is 1.99. The molecule has 0 unspecified atom stereocenters. The summed E-state index contributed by atoms with van der Waals surface area (Å²) in [5.74, 6) is 0.0507. The highest BCUT2D eigenvalue weighted by atomic mass is 35.5. The van der Waals surface area contributed by atoms with Gasteiger partial charge >= 0.3 is 0 Å². The second-order valence-corrected chi connectivity index (χ2v) is 5.41. The number of halogens is 2. The highest BCUT2D eigenvalue weighted by molar-refractivity contribution is 6.30. The lowest BCUT2D eigenvalue weighted by atomic mass is 10.1. The zero-order valence-corrected chi connectivity index (χ0v) is 13.3. The first-order valence-electron chi connectivity index (χ1n) is 7.31. The summed E-state index contributed by atoms with van der Waals surface area (Å²) in [6.45, 7) is 2.50. The lowest BCUT2D eigenvalue weighted by molar-refractivity contribution is 0.621. The maximum Gasteiger partial charge on any atom is 0.162 e. The minimum atomic E-state index is -0.408. The second-order valence-electron chi connectivity index (χ2n) is 5.05. The Morgan fingerprint density at radius 2 is 2.04 bits per heavy atom. The Morgan fingerprint density at radius 1 is 1.17 bits per heavy atom. The Bertz CT molecular complexity index is 818. The Hall–Kier alpha value is -2.34. The maximum absolute atomic E-state index is 14.0. The van der Waals surface area contributed by atoms with E-state index >= 15 is 0 Å². The summed E-state index contributed by atoms with van der Waals surface area (Å²) in [5, 5.41) is 0.461. The van der Waals surface area contributed by atoms with Gasteiger partial charge in [0.05, 0.1) is 12.2 Å². The van der Waals surface area contributed by atoms with Crippen LogP contribution in [0.1, 0.15) is 24.6 Å². The van der Waals surface area contributed by atoms with Gasteiger partial charge in [0, 0.05) is 24.2 Å². The largest absolute Gasteiger partial charge is 0.324 e. The summed E-state index contributed by atoms with van der Waals surface area (Å²) in [7, 11) is 0. The minimum absolute atomic E-state index is 0.217. The van der Waals surface area contributed by atoms with Crippen molar-refractivity contribution in [2.45, 2.75) is 26.3 Å². The number of hydrogen-bond donors (Lipinski definition) is 0. The summed E-state index contributed by atoms with van der Waals surface area (Å²) in [4.78, 5) is 16.7. The summed E-state index contributed by atoms with van der Waals surface area (Å²) in [6, 6.07) is 2.92. The van der Waals surface area contributed by atoms with Crippen molar-refractivity contribution in [3.63, 3.8) is 0 Å². The van der Waals surface area contributed by atoms with Crippen molar-refractivity contribution >= 4 is 11.6 Å². The zero-order valence-electron chi connectivity index (χ0n) is 12.6. The standard InChI is InChI=1S/C16H15ClFN5/c1-2-4-11-13(21-10-22-15(11)17)9-23-8-7-20-16(23)14-12(18)5-3-6-19-14/h3,5-8,10H,2,4,9H2,1H3. The molecule has 0 N–H and O–H groups in total. The topological polar surface area (TPSA) is 56.5 Å². The molecule has 0 aliphatic heterocycles. The fourth-order valence-corrected chi connectivity index (χ4v) is 2.67. The van der Waals surface area contributed by atoms with Crippen LogP contribution in [0.4, 0.5) is 4.39 Å². The van der Waals surface area contributed by atoms with Crippen molar-refractivity contribution in [2.75, 3.05) is 0 Å². The quantitative estimate of drug-likeness (QED) is 0.671. The molecule has 5 nitrogen and oxygen atoms in total. The van der Waals surface area contributed by atoms with Gasteiger partial charge in [-0.1, -0.05) is 24.9 Å². The highest BCUT2D eigenvalue weighted by Crippen LogP contribution is 2.22. The van der Waals surface area contributed by atoms with E-state index < -0.39 is 5.82 Å². The van der Waals surface area contributed by atoms with E-state index in [1.807, 2.05) is 4.57 Å². The van der Waals surface area contributed by atoms with E-state index in [1.54, 1.807) is 24.7 Å². The molecule has 0 radical (unpaired) electrons. The van der Waals surface area contributed by atoms with Gasteiger partial charge in [-0.2, -0.15) is 0 Å². The molecule has 23 heavy (non-hydrogen) atoms. The Kier molecular flexibility index (Phi) is 4.62. The van der Waals surface area contributed by atoms with E-state index in [1.165, 1.54) is 12.4 Å². The van der Waals surface area contributed by atoms with Gasteiger partial charge < -0.3 is 4.57 Å². The van der Waals surface area contributed by atoms with Gasteiger partial charge in [0.2, 0.25) is 0 Å². The van der Waals surface area contributed by atoms with E-state index in [-0.39, 0.29) is 5.69 Å². The normalized spacial score (nSPS) is 10.9. The molecule has 0 aliphatic rings. The molecule has 0 aliphatic carbocycles. The average Bonchev–Trinajstić information content (AvgIpc) is 2.99. The number of rotatable bonds is 5. The number of aromatic nitrogens is 5. The van der Waals surface area contributed by atoms with Crippen LogP contribution in [0.5, 0.6) is 0 Å². The monoisotopic (exact) mass is 331 g/mol. The molecule has 3 rings (SSSR count). The first kappa shape index (κ1) is 15.6. The molecule has 0 spiro atoms. The minimum Gasteiger partial charge on any atom is -0.324 e. The molecule has 0 aromatic carbocycles. The molecular formula is C16H15ClFN5. The van der Waals surface area contributed by atoms with Crippen LogP contribution in [0.3, 0.4) is 0 Å². The number of pyridine rings is 1. The van der Waals surface area contributed by atoms with Crippen molar-refractivity contribution in [1.29, 1.82) is 0 Å². The van der Waals surface area contributed by atoms with E-state index in [0.717, 1.165) is 24.1 Å². The van der Waals surface area contributed by atoms with E-state index in [4.69, 9.17) is 11.6 Å². The van der Waals surface area contributed by atoms with Crippen LogP contribution in [0.25, 0.3) is 11.5 Å². The van der Waals surface area contributed by atoms with Crippen LogP contribution in [-0.2, 0) is 13.0 Å². The number of nitrogens with zero attached hydrogens (tertiary/aromatic N) is 5. The van der Waals surface area contributed by atoms with E-state index in [2.05, 4.69) is 26.9 Å². The van der Waals surface area contributed by atoms with Crippen LogP contribution in [0, 0.1) is 5.82 Å². The van der Waals surface area contributed by atoms with Crippen molar-refractivity contribution in [3.05, 3.63) is 59.3 Å². The maximum atomic E-state index is 14.0. The Labute approximate surface area is 138 Å². The van der Waals surface area contributed by atoms with Gasteiger partial charge in [0.1, 0.15) is 17.2 Å². The summed E-state index contributed by atoms with van der Waals surface area (Å²) in [5.41, 5.74) is 1.94. The number of hydrogen-bond acceptors (Lipinski definition) is 4. The molecule has 0 saturated heterocycles. The molecule has 0 amide bonds. The van der Waals surface area contributed by atoms with Gasteiger partial charge in [-0.25, -0.2) is 24.3 Å². The van der Waals surface area contributed by atoms with Gasteiger partial charge in [-0.3, -0.25) is 0 Å². The average molecular weight is 332 g/mol. The van der Waals surface area contributed by atoms with E-state index in [0.29, 0.717) is 17.5 Å². The third kappa shape index (κ3) is 3.22. The predicted molar refractivity (Wildman–Crippen MR) is 85.6 cm³/mol. The second kappa shape index (κ2) is 6.83. The third-order valence-corrected chi connectivity index (χ3v) is 3.81. The van der Waals surface area contributed by atoms with Gasteiger partial charge in [-0.15, -0.1) is 0 Å². The fraction of sp³-hybridized carbons (Fsp3) is 0.250. The molecular weight excluding hydrogens is 317 g/mol. The van der Waals surface area contributed by atoms with Crippen molar-refractivity contribution in [2.24, 2.45) is 0 Å². The molecule has 0 saturated carbocycles. The van der Waals surface area contributed by atoms with Crippen molar-refractivity contribution < 1.29 is 4.39 Å². The van der Waals surface area contributed by atoms with Gasteiger partial charge in [0.25, 0.3) is 0 Å². The lowest BCUT2D eigenvalue weighted by Crippen LogP contribution is -2.08. The lowest BCUT2D eigenvalue weighted by Gasteiger charge is -2.11. The molecule has 3 heterocycles. The zero-order chi connectivity index (χ0) is 16.2. The molecule has 0 atom stereocenters. The first-order valence-corrected chi connectivity index (χ1v) is 7.68. The first-order chi connectivity index (χ1) is 11.2. The molecule has 3 aromatic rings. The van der Waals surface area contributed by atoms with E-state index in [9.17, 15) is 4.39 Å². The Morgan fingerprint density at radius 3 is 2.83 bits per heavy atom. The highest BCUT2D eigenvalue weighted by Gasteiger charge is 2.15. The van der Waals surface area contributed by atoms with Crippen molar-refractivity contribution in [3.8, 4) is 11.5 Å². The van der Waals surface area contributed by atoms with Crippen LogP contribution in [0.2, 0.25) is 5.15 Å². The van der Waals surface area contributed by atoms with Crippen LogP contribution in [-0.4, -0.2) is 24.5 Å². The smallest absolute Gasteiger partial charge is 0.162 e. The number of imidazole rings is 1. The van der Waals surface area contributed by atoms with Gasteiger partial charge in [-0.05, 0) is 18.6 Å². The van der Waals surface area contributed by atoms with Gasteiger partial charge in [0.15, 0.2) is 11.6 Å².